The highest BCUT2D eigenvalue weighted by Gasteiger charge is 2.12. The van der Waals surface area contributed by atoms with Crippen LogP contribution < -0.4 is 16.4 Å². The van der Waals surface area contributed by atoms with Gasteiger partial charge in [-0.1, -0.05) is 11.6 Å². The number of hydrogen-bond acceptors (Lipinski definition) is 5. The molecule has 3 amide bonds. The van der Waals surface area contributed by atoms with Crippen molar-refractivity contribution < 1.29 is 14.4 Å². The standard InChI is InChI=1S/C19H15ClN4O3S/c20-13-5-1-12(2-6-13)18(27)24-19-23-15(10-28-19)9-16(25)22-14-7-3-11(4-8-14)17(21)26/h1-8,10H,9H2,(H2,21,26)(H,22,25)(H,23,24,27). The van der Waals surface area contributed by atoms with Crippen LogP contribution in [0.3, 0.4) is 0 Å². The molecule has 0 saturated carbocycles. The van der Waals surface area contributed by atoms with E-state index in [0.29, 0.717) is 32.7 Å². The molecule has 7 nitrogen and oxygen atoms in total. The van der Waals surface area contributed by atoms with E-state index in [2.05, 4.69) is 15.6 Å². The van der Waals surface area contributed by atoms with Gasteiger partial charge in [0.05, 0.1) is 12.1 Å². The second-order valence-corrected chi connectivity index (χ2v) is 7.07. The van der Waals surface area contributed by atoms with Crippen molar-refractivity contribution in [2.75, 3.05) is 10.6 Å². The van der Waals surface area contributed by atoms with Crippen LogP contribution in [0.5, 0.6) is 0 Å². The van der Waals surface area contributed by atoms with Gasteiger partial charge in [0.25, 0.3) is 5.91 Å². The Morgan fingerprint density at radius 1 is 0.964 bits per heavy atom. The number of primary amides is 1. The van der Waals surface area contributed by atoms with Gasteiger partial charge in [0.15, 0.2) is 5.13 Å². The van der Waals surface area contributed by atoms with Crippen molar-refractivity contribution in [2.45, 2.75) is 6.42 Å². The molecule has 0 bridgehead atoms. The van der Waals surface area contributed by atoms with E-state index in [9.17, 15) is 14.4 Å². The molecule has 3 rings (SSSR count). The number of hydrogen-bond donors (Lipinski definition) is 3. The summed E-state index contributed by atoms with van der Waals surface area (Å²) >= 11 is 7.04. The maximum atomic E-state index is 12.2. The molecule has 0 radical (unpaired) electrons. The molecule has 3 aromatic rings. The summed E-state index contributed by atoms with van der Waals surface area (Å²) in [5, 5.41) is 8.04. The van der Waals surface area contributed by atoms with E-state index < -0.39 is 5.91 Å². The molecule has 0 spiro atoms. The van der Waals surface area contributed by atoms with Crippen molar-refractivity contribution in [3.05, 3.63) is 75.8 Å². The summed E-state index contributed by atoms with van der Waals surface area (Å²) in [6.45, 7) is 0. The number of thiazole rings is 1. The van der Waals surface area contributed by atoms with Gasteiger partial charge in [-0.3, -0.25) is 19.7 Å². The number of nitrogens with zero attached hydrogens (tertiary/aromatic N) is 1. The van der Waals surface area contributed by atoms with E-state index in [1.807, 2.05) is 0 Å². The van der Waals surface area contributed by atoms with Crippen molar-refractivity contribution in [3.8, 4) is 0 Å². The third kappa shape index (κ3) is 5.15. The molecule has 0 fully saturated rings. The fourth-order valence-electron chi connectivity index (χ4n) is 2.30. The van der Waals surface area contributed by atoms with Crippen LogP contribution in [-0.2, 0) is 11.2 Å². The van der Waals surface area contributed by atoms with E-state index in [0.717, 1.165) is 0 Å². The number of rotatable bonds is 6. The maximum absolute atomic E-state index is 12.2. The van der Waals surface area contributed by atoms with Gasteiger partial charge in [0, 0.05) is 27.2 Å². The van der Waals surface area contributed by atoms with Crippen molar-refractivity contribution in [1.82, 2.24) is 4.98 Å². The molecule has 0 atom stereocenters. The van der Waals surface area contributed by atoms with Crippen LogP contribution in [0.1, 0.15) is 26.4 Å². The Bertz CT molecular complexity index is 1020. The van der Waals surface area contributed by atoms with Gasteiger partial charge in [-0.2, -0.15) is 0 Å². The minimum atomic E-state index is -0.534. The minimum Gasteiger partial charge on any atom is -0.366 e. The average Bonchev–Trinajstić information content (AvgIpc) is 3.09. The summed E-state index contributed by atoms with van der Waals surface area (Å²) in [5.41, 5.74) is 7.07. The first kappa shape index (κ1) is 19.5. The van der Waals surface area contributed by atoms with Crippen molar-refractivity contribution >= 4 is 51.5 Å². The highest BCUT2D eigenvalue weighted by Crippen LogP contribution is 2.18. The van der Waals surface area contributed by atoms with Gasteiger partial charge in [-0.15, -0.1) is 11.3 Å². The monoisotopic (exact) mass is 414 g/mol. The normalized spacial score (nSPS) is 10.3. The Morgan fingerprint density at radius 2 is 1.61 bits per heavy atom. The predicted octanol–water partition coefficient (Wildman–Crippen LogP) is 3.33. The molecule has 0 aliphatic heterocycles. The zero-order valence-electron chi connectivity index (χ0n) is 14.4. The summed E-state index contributed by atoms with van der Waals surface area (Å²) in [6.07, 6.45) is 0.0465. The first-order valence-corrected chi connectivity index (χ1v) is 9.37. The molecule has 0 saturated heterocycles. The number of anilines is 2. The number of benzene rings is 2. The number of carbonyl (C=O) groups is 3. The Kier molecular flexibility index (Phi) is 6.03. The second kappa shape index (κ2) is 8.64. The topological polar surface area (TPSA) is 114 Å². The first-order valence-electron chi connectivity index (χ1n) is 8.12. The van der Waals surface area contributed by atoms with Crippen LogP contribution in [0.25, 0.3) is 0 Å². The molecule has 2 aromatic carbocycles. The van der Waals surface area contributed by atoms with Crippen molar-refractivity contribution in [2.24, 2.45) is 5.73 Å². The Morgan fingerprint density at radius 3 is 2.25 bits per heavy atom. The number of carbonyl (C=O) groups excluding carboxylic acids is 3. The third-order valence-electron chi connectivity index (χ3n) is 3.67. The number of aromatic nitrogens is 1. The highest BCUT2D eigenvalue weighted by atomic mass is 35.5. The summed E-state index contributed by atoms with van der Waals surface area (Å²) < 4.78 is 0. The zero-order valence-corrected chi connectivity index (χ0v) is 16.0. The van der Waals surface area contributed by atoms with Crippen LogP contribution in [0, 0.1) is 0 Å². The van der Waals surface area contributed by atoms with Crippen LogP contribution >= 0.6 is 22.9 Å². The smallest absolute Gasteiger partial charge is 0.257 e. The largest absolute Gasteiger partial charge is 0.366 e. The lowest BCUT2D eigenvalue weighted by molar-refractivity contribution is -0.115. The van der Waals surface area contributed by atoms with Gasteiger partial charge in [-0.05, 0) is 48.5 Å². The second-order valence-electron chi connectivity index (χ2n) is 5.77. The quantitative estimate of drug-likeness (QED) is 0.573. The zero-order chi connectivity index (χ0) is 20.1. The number of nitrogens with one attached hydrogen (secondary N) is 2. The Labute approximate surface area is 169 Å². The van der Waals surface area contributed by atoms with Gasteiger partial charge in [0.2, 0.25) is 11.8 Å². The number of halogens is 1. The first-order chi connectivity index (χ1) is 13.4. The van der Waals surface area contributed by atoms with E-state index in [1.165, 1.54) is 23.5 Å². The Balaban J connectivity index is 1.56. The molecule has 142 valence electrons. The van der Waals surface area contributed by atoms with E-state index in [1.54, 1.807) is 41.8 Å². The molecule has 1 heterocycles. The van der Waals surface area contributed by atoms with E-state index >= 15 is 0 Å². The highest BCUT2D eigenvalue weighted by molar-refractivity contribution is 7.14. The van der Waals surface area contributed by atoms with Crippen molar-refractivity contribution in [3.63, 3.8) is 0 Å². The van der Waals surface area contributed by atoms with Crippen molar-refractivity contribution in [1.29, 1.82) is 0 Å². The molecule has 0 aliphatic carbocycles. The van der Waals surface area contributed by atoms with Crippen LogP contribution in [0.2, 0.25) is 5.02 Å². The van der Waals surface area contributed by atoms with Gasteiger partial charge >= 0.3 is 0 Å². The third-order valence-corrected chi connectivity index (χ3v) is 4.73. The fraction of sp³-hybridized carbons (Fsp3) is 0.0526. The average molecular weight is 415 g/mol. The van der Waals surface area contributed by atoms with Gasteiger partial charge < -0.3 is 11.1 Å². The molecule has 0 aliphatic rings. The summed E-state index contributed by atoms with van der Waals surface area (Å²) in [6, 6.07) is 12.7. The molecule has 0 unspecified atom stereocenters. The molecule has 4 N–H and O–H groups in total. The molecular formula is C19H15ClN4O3S. The Hall–Kier alpha value is -3.23. The lowest BCUT2D eigenvalue weighted by Crippen LogP contribution is -2.15. The fourth-order valence-corrected chi connectivity index (χ4v) is 3.13. The molecule has 9 heteroatoms. The number of nitrogens with two attached hydrogens (primary N) is 1. The SMILES string of the molecule is NC(=O)c1ccc(NC(=O)Cc2csc(NC(=O)c3ccc(Cl)cc3)n2)cc1. The van der Waals surface area contributed by atoms with E-state index in [4.69, 9.17) is 17.3 Å². The summed E-state index contributed by atoms with van der Waals surface area (Å²) in [5.74, 6) is -1.11. The summed E-state index contributed by atoms with van der Waals surface area (Å²) in [7, 11) is 0. The minimum absolute atomic E-state index is 0.0465. The van der Waals surface area contributed by atoms with Crippen LogP contribution in [-0.4, -0.2) is 22.7 Å². The van der Waals surface area contributed by atoms with Crippen LogP contribution in [0.4, 0.5) is 10.8 Å². The van der Waals surface area contributed by atoms with Gasteiger partial charge in [0.1, 0.15) is 0 Å². The number of amides is 3. The molecule has 1 aromatic heterocycles. The van der Waals surface area contributed by atoms with E-state index in [-0.39, 0.29) is 18.2 Å². The van der Waals surface area contributed by atoms with Gasteiger partial charge in [-0.25, -0.2) is 4.98 Å². The van der Waals surface area contributed by atoms with Crippen LogP contribution in [0.15, 0.2) is 53.9 Å². The lowest BCUT2D eigenvalue weighted by atomic mass is 10.2. The predicted molar refractivity (Wildman–Crippen MR) is 109 cm³/mol. The maximum Gasteiger partial charge on any atom is 0.257 e. The molecule has 28 heavy (non-hydrogen) atoms. The lowest BCUT2D eigenvalue weighted by Gasteiger charge is -2.04. The summed E-state index contributed by atoms with van der Waals surface area (Å²) in [4.78, 5) is 39.6. The molecular weight excluding hydrogens is 400 g/mol.